The largest absolute Gasteiger partial charge is 0.295 e. The Hall–Kier alpha value is -1.81. The van der Waals surface area contributed by atoms with E-state index in [4.69, 9.17) is 0 Å². The van der Waals surface area contributed by atoms with E-state index in [1.807, 2.05) is 20.8 Å². The molecule has 0 N–H and O–H groups in total. The van der Waals surface area contributed by atoms with E-state index >= 15 is 0 Å². The van der Waals surface area contributed by atoms with Gasteiger partial charge < -0.3 is 0 Å². The molecule has 7 heteroatoms. The lowest BCUT2D eigenvalue weighted by atomic mass is 10.1. The first kappa shape index (κ1) is 15.6. The highest BCUT2D eigenvalue weighted by Gasteiger charge is 2.36. The lowest BCUT2D eigenvalue weighted by Gasteiger charge is -2.26. The first-order chi connectivity index (χ1) is 9.74. The van der Waals surface area contributed by atoms with Gasteiger partial charge >= 0.3 is 0 Å². The summed E-state index contributed by atoms with van der Waals surface area (Å²) in [5, 5.41) is 13.4. The summed E-state index contributed by atoms with van der Waals surface area (Å²) < 4.78 is 1.70. The van der Waals surface area contributed by atoms with Gasteiger partial charge in [0, 0.05) is 25.1 Å². The van der Waals surface area contributed by atoms with Crippen LogP contribution in [0.1, 0.15) is 39.7 Å². The van der Waals surface area contributed by atoms with Crippen LogP contribution in [0.15, 0.2) is 6.20 Å². The second-order valence-corrected chi connectivity index (χ2v) is 7.49. The molecule has 0 spiro atoms. The molecule has 0 saturated carbocycles. The van der Waals surface area contributed by atoms with Gasteiger partial charge in [-0.2, -0.15) is 10.4 Å². The normalized spacial score (nSPS) is 18.9. The Morgan fingerprint density at radius 3 is 2.71 bits per heavy atom. The number of carbonyl (C=O) groups is 2. The summed E-state index contributed by atoms with van der Waals surface area (Å²) in [4.78, 5) is 25.1. The number of hydrogen-bond donors (Lipinski definition) is 0. The topological polar surface area (TPSA) is 79.0 Å². The van der Waals surface area contributed by atoms with Crippen LogP contribution in [0.5, 0.6) is 0 Å². The van der Waals surface area contributed by atoms with Gasteiger partial charge in [0.1, 0.15) is 11.6 Å². The molecule has 112 valence electrons. The molecule has 1 fully saturated rings. The van der Waals surface area contributed by atoms with Crippen molar-refractivity contribution in [3.05, 3.63) is 11.8 Å². The van der Waals surface area contributed by atoms with Crippen LogP contribution in [0.4, 0.5) is 5.82 Å². The third-order valence-corrected chi connectivity index (χ3v) is 4.16. The lowest BCUT2D eigenvalue weighted by Crippen LogP contribution is -2.33. The first-order valence-electron chi connectivity index (χ1n) is 6.70. The van der Waals surface area contributed by atoms with Crippen LogP contribution in [0.3, 0.4) is 0 Å². The van der Waals surface area contributed by atoms with Gasteiger partial charge in [-0.15, -0.1) is 0 Å². The third kappa shape index (κ3) is 3.10. The molecule has 1 amide bonds. The molecule has 2 heterocycles. The van der Waals surface area contributed by atoms with Crippen molar-refractivity contribution >= 4 is 28.6 Å². The van der Waals surface area contributed by atoms with E-state index in [1.54, 1.807) is 9.58 Å². The quantitative estimate of drug-likeness (QED) is 0.833. The molecule has 0 radical (unpaired) electrons. The van der Waals surface area contributed by atoms with E-state index in [2.05, 4.69) is 11.2 Å². The maximum atomic E-state index is 12.3. The molecule has 1 aromatic rings. The minimum absolute atomic E-state index is 0.000476. The van der Waals surface area contributed by atoms with Crippen molar-refractivity contribution in [2.45, 2.75) is 44.9 Å². The van der Waals surface area contributed by atoms with Gasteiger partial charge in [-0.1, -0.05) is 11.8 Å². The fourth-order valence-corrected chi connectivity index (χ4v) is 3.28. The lowest BCUT2D eigenvalue weighted by molar-refractivity contribution is -0.117. The highest BCUT2D eigenvalue weighted by Crippen LogP contribution is 2.33. The average Bonchev–Trinajstić information content (AvgIpc) is 2.90. The minimum Gasteiger partial charge on any atom is -0.295 e. The van der Waals surface area contributed by atoms with Gasteiger partial charge in [-0.3, -0.25) is 14.5 Å². The van der Waals surface area contributed by atoms with Crippen molar-refractivity contribution in [2.75, 3.05) is 11.4 Å². The molecule has 1 aromatic heterocycles. The van der Waals surface area contributed by atoms with Gasteiger partial charge in [0.2, 0.25) is 5.91 Å². The Bertz CT molecular complexity index is 624. The fourth-order valence-electron chi connectivity index (χ4n) is 2.36. The highest BCUT2D eigenvalue weighted by atomic mass is 32.2. The van der Waals surface area contributed by atoms with E-state index < -0.39 is 0 Å². The van der Waals surface area contributed by atoms with Crippen molar-refractivity contribution in [1.82, 2.24) is 9.78 Å². The zero-order chi connectivity index (χ0) is 15.8. The molecule has 1 aliphatic rings. The van der Waals surface area contributed by atoms with Crippen LogP contribution in [-0.2, 0) is 15.1 Å². The minimum atomic E-state index is -0.337. The van der Waals surface area contributed by atoms with Crippen molar-refractivity contribution in [3.8, 4) is 6.07 Å². The van der Waals surface area contributed by atoms with E-state index in [1.165, 1.54) is 24.9 Å². The first-order valence-corrected chi connectivity index (χ1v) is 7.58. The van der Waals surface area contributed by atoms with Gasteiger partial charge in [-0.25, -0.2) is 4.68 Å². The maximum Gasteiger partial charge on any atom is 0.229 e. The summed E-state index contributed by atoms with van der Waals surface area (Å²) in [7, 11) is 0. The summed E-state index contributed by atoms with van der Waals surface area (Å²) >= 11 is 1.18. The van der Waals surface area contributed by atoms with Gasteiger partial charge in [-0.05, 0) is 20.8 Å². The summed E-state index contributed by atoms with van der Waals surface area (Å²) in [6.07, 6.45) is 1.80. The summed E-state index contributed by atoms with van der Waals surface area (Å²) in [6.45, 7) is 7.82. The third-order valence-electron chi connectivity index (χ3n) is 3.18. The standard InChI is InChI=1S/C14H18N4O2S/c1-9(19)21-11-5-12(20)17(8-11)13-10(6-15)7-16-18(13)14(2,3)4/h7,11H,5,8H2,1-4H3. The molecular weight excluding hydrogens is 288 g/mol. The second-order valence-electron chi connectivity index (χ2n) is 6.02. The number of anilines is 1. The molecule has 2 rings (SSSR count). The van der Waals surface area contributed by atoms with Gasteiger partial charge in [0.05, 0.1) is 11.7 Å². The molecule has 21 heavy (non-hydrogen) atoms. The van der Waals surface area contributed by atoms with Gasteiger partial charge in [0.15, 0.2) is 10.9 Å². The SMILES string of the molecule is CC(=O)SC1CC(=O)N(c2c(C#N)cnn2C(C)(C)C)C1. The predicted molar refractivity (Wildman–Crippen MR) is 81.0 cm³/mol. The Balaban J connectivity index is 2.38. The monoisotopic (exact) mass is 306 g/mol. The Morgan fingerprint density at radius 1 is 1.52 bits per heavy atom. The van der Waals surface area contributed by atoms with Crippen molar-refractivity contribution in [1.29, 1.82) is 5.26 Å². The van der Waals surface area contributed by atoms with E-state index in [0.29, 0.717) is 24.3 Å². The van der Waals surface area contributed by atoms with E-state index in [0.717, 1.165) is 0 Å². The van der Waals surface area contributed by atoms with Crippen LogP contribution in [0.25, 0.3) is 0 Å². The molecular formula is C14H18N4O2S. The van der Waals surface area contributed by atoms with Crippen molar-refractivity contribution in [2.24, 2.45) is 0 Å². The zero-order valence-electron chi connectivity index (χ0n) is 12.6. The van der Waals surface area contributed by atoms with Crippen LogP contribution in [0, 0.1) is 11.3 Å². The number of carbonyl (C=O) groups excluding carboxylic acids is 2. The second kappa shape index (κ2) is 5.53. The highest BCUT2D eigenvalue weighted by molar-refractivity contribution is 8.14. The summed E-state index contributed by atoms with van der Waals surface area (Å²) in [5.41, 5.74) is 0.0445. The van der Waals surface area contributed by atoms with Crippen molar-refractivity contribution in [3.63, 3.8) is 0 Å². The van der Waals surface area contributed by atoms with E-state index in [-0.39, 0.29) is 21.8 Å². The molecule has 1 aliphatic heterocycles. The number of nitrogens with zero attached hydrogens (tertiary/aromatic N) is 4. The van der Waals surface area contributed by atoms with Crippen LogP contribution in [-0.4, -0.2) is 32.6 Å². The Kier molecular flexibility index (Phi) is 4.10. The van der Waals surface area contributed by atoms with Crippen LogP contribution >= 0.6 is 11.8 Å². The molecule has 1 unspecified atom stereocenters. The number of thioether (sulfide) groups is 1. The molecule has 6 nitrogen and oxygen atoms in total. The number of aromatic nitrogens is 2. The zero-order valence-corrected chi connectivity index (χ0v) is 13.4. The van der Waals surface area contributed by atoms with Gasteiger partial charge in [0.25, 0.3) is 0 Å². The average molecular weight is 306 g/mol. The Labute approximate surface area is 128 Å². The number of rotatable bonds is 2. The molecule has 0 aromatic carbocycles. The van der Waals surface area contributed by atoms with Crippen LogP contribution < -0.4 is 4.90 Å². The smallest absolute Gasteiger partial charge is 0.229 e. The summed E-state index contributed by atoms with van der Waals surface area (Å²) in [5.74, 6) is 0.456. The van der Waals surface area contributed by atoms with E-state index in [9.17, 15) is 14.9 Å². The van der Waals surface area contributed by atoms with Crippen molar-refractivity contribution < 1.29 is 9.59 Å². The number of hydrogen-bond acceptors (Lipinski definition) is 5. The summed E-state index contributed by atoms with van der Waals surface area (Å²) in [6, 6.07) is 2.09. The molecule has 1 saturated heterocycles. The predicted octanol–water partition coefficient (Wildman–Crippen LogP) is 1.89. The molecule has 0 aliphatic carbocycles. The Morgan fingerprint density at radius 2 is 2.19 bits per heavy atom. The number of amides is 1. The molecule has 0 bridgehead atoms. The number of nitriles is 1. The fraction of sp³-hybridized carbons (Fsp3) is 0.571. The molecule has 1 atom stereocenters. The maximum absolute atomic E-state index is 12.3. The van der Waals surface area contributed by atoms with Crippen LogP contribution in [0.2, 0.25) is 0 Å².